The first-order valence-corrected chi connectivity index (χ1v) is 8.60. The maximum Gasteiger partial charge on any atom is 0.274 e. The molecule has 6 nitrogen and oxygen atoms in total. The topological polar surface area (TPSA) is 66.8 Å². The number of aromatic amines is 1. The lowest BCUT2D eigenvalue weighted by Gasteiger charge is -2.32. The summed E-state index contributed by atoms with van der Waals surface area (Å²) in [5.74, 6) is 1.38. The molecule has 6 heteroatoms. The highest BCUT2D eigenvalue weighted by atomic mass is 16.2. The van der Waals surface area contributed by atoms with Crippen molar-refractivity contribution in [1.82, 2.24) is 24.6 Å². The molecule has 2 aromatic rings. The molecule has 0 saturated carbocycles. The number of imidazole rings is 1. The number of hydrogen-bond acceptors (Lipinski definition) is 3. The van der Waals surface area contributed by atoms with Gasteiger partial charge in [-0.2, -0.15) is 5.10 Å². The molecule has 1 fully saturated rings. The van der Waals surface area contributed by atoms with Gasteiger partial charge in [-0.1, -0.05) is 20.8 Å². The number of hydrogen-bond donors (Lipinski definition) is 1. The van der Waals surface area contributed by atoms with E-state index in [-0.39, 0.29) is 11.3 Å². The Hall–Kier alpha value is -2.11. The number of aromatic nitrogens is 4. The SMILES string of the molecule is Cc1cn(C)c(C2CCCN(C(=O)c3cc(C(C)(C)C)[nH]n3)C2)n1. The first kappa shape index (κ1) is 16.7. The molecule has 0 radical (unpaired) electrons. The lowest BCUT2D eigenvalue weighted by atomic mass is 9.92. The molecule has 1 saturated heterocycles. The van der Waals surface area contributed by atoms with Crippen molar-refractivity contribution in [1.29, 1.82) is 0 Å². The van der Waals surface area contributed by atoms with Gasteiger partial charge in [0.2, 0.25) is 0 Å². The van der Waals surface area contributed by atoms with Crippen LogP contribution in [-0.4, -0.2) is 43.6 Å². The lowest BCUT2D eigenvalue weighted by Crippen LogP contribution is -2.39. The number of likely N-dealkylation sites (tertiary alicyclic amines) is 1. The number of carbonyl (C=O) groups excluding carboxylic acids is 1. The smallest absolute Gasteiger partial charge is 0.274 e. The summed E-state index contributed by atoms with van der Waals surface area (Å²) in [6, 6.07) is 1.89. The number of aryl methyl sites for hydroxylation is 2. The minimum absolute atomic E-state index is 0.0115. The van der Waals surface area contributed by atoms with Gasteiger partial charge in [-0.15, -0.1) is 0 Å². The first-order valence-electron chi connectivity index (χ1n) is 8.60. The molecule has 1 unspecified atom stereocenters. The standard InChI is InChI=1S/C18H27N5O/c1-12-10-22(5)16(19-12)13-7-6-8-23(11-13)17(24)14-9-15(21-20-14)18(2,3)4/h9-10,13H,6-8,11H2,1-5H3,(H,20,21). The lowest BCUT2D eigenvalue weighted by molar-refractivity contribution is 0.0697. The normalized spacial score (nSPS) is 18.9. The van der Waals surface area contributed by atoms with Gasteiger partial charge in [0.15, 0.2) is 0 Å². The van der Waals surface area contributed by atoms with Gasteiger partial charge in [-0.25, -0.2) is 4.98 Å². The highest BCUT2D eigenvalue weighted by molar-refractivity contribution is 5.92. The minimum atomic E-state index is -0.0412. The number of rotatable bonds is 2. The summed E-state index contributed by atoms with van der Waals surface area (Å²) in [5.41, 5.74) is 2.48. The summed E-state index contributed by atoms with van der Waals surface area (Å²) >= 11 is 0. The van der Waals surface area contributed by atoms with Crippen LogP contribution in [0.25, 0.3) is 0 Å². The number of nitrogens with one attached hydrogen (secondary N) is 1. The van der Waals surface area contributed by atoms with Crippen LogP contribution in [0.15, 0.2) is 12.3 Å². The van der Waals surface area contributed by atoms with Crippen LogP contribution in [-0.2, 0) is 12.5 Å². The summed E-state index contributed by atoms with van der Waals surface area (Å²) in [4.78, 5) is 19.4. The molecule has 1 aliphatic rings. The van der Waals surface area contributed by atoms with Crippen molar-refractivity contribution in [2.24, 2.45) is 7.05 Å². The fourth-order valence-corrected chi connectivity index (χ4v) is 3.36. The van der Waals surface area contributed by atoms with Crippen LogP contribution < -0.4 is 0 Å². The number of carbonyl (C=O) groups is 1. The van der Waals surface area contributed by atoms with Crippen molar-refractivity contribution in [2.45, 2.75) is 51.9 Å². The second-order valence-electron chi connectivity index (χ2n) is 7.86. The number of H-pyrrole nitrogens is 1. The van der Waals surface area contributed by atoms with Crippen molar-refractivity contribution in [3.8, 4) is 0 Å². The van der Waals surface area contributed by atoms with Gasteiger partial charge >= 0.3 is 0 Å². The predicted octanol–water partition coefficient (Wildman–Crippen LogP) is 2.77. The third-order valence-corrected chi connectivity index (χ3v) is 4.71. The highest BCUT2D eigenvalue weighted by Crippen LogP contribution is 2.27. The van der Waals surface area contributed by atoms with E-state index >= 15 is 0 Å². The summed E-state index contributed by atoms with van der Waals surface area (Å²) in [5, 5.41) is 7.25. The van der Waals surface area contributed by atoms with Crippen LogP contribution in [0.3, 0.4) is 0 Å². The summed E-state index contributed by atoms with van der Waals surface area (Å²) < 4.78 is 2.08. The fourth-order valence-electron chi connectivity index (χ4n) is 3.36. The summed E-state index contributed by atoms with van der Waals surface area (Å²) in [6.45, 7) is 9.82. The van der Waals surface area contributed by atoms with E-state index in [1.807, 2.05) is 31.1 Å². The third kappa shape index (κ3) is 3.23. The Morgan fingerprint density at radius 3 is 2.71 bits per heavy atom. The van der Waals surface area contributed by atoms with Gasteiger partial charge < -0.3 is 9.47 Å². The van der Waals surface area contributed by atoms with E-state index in [0.29, 0.717) is 18.2 Å². The molecule has 130 valence electrons. The van der Waals surface area contributed by atoms with Crippen LogP contribution in [0.5, 0.6) is 0 Å². The van der Waals surface area contributed by atoms with Gasteiger partial charge in [-0.3, -0.25) is 9.89 Å². The zero-order valence-corrected chi connectivity index (χ0v) is 15.3. The Morgan fingerprint density at radius 2 is 2.12 bits per heavy atom. The maximum atomic E-state index is 12.8. The molecule has 0 aromatic carbocycles. The molecule has 1 aliphatic heterocycles. The fraction of sp³-hybridized carbons (Fsp3) is 0.611. The van der Waals surface area contributed by atoms with Gasteiger partial charge in [0.25, 0.3) is 5.91 Å². The molecule has 1 atom stereocenters. The van der Waals surface area contributed by atoms with Gasteiger partial charge in [-0.05, 0) is 25.8 Å². The average molecular weight is 329 g/mol. The molecule has 3 heterocycles. The second kappa shape index (κ2) is 6.07. The van der Waals surface area contributed by atoms with Crippen LogP contribution in [0.1, 0.15) is 67.2 Å². The average Bonchev–Trinajstić information content (AvgIpc) is 3.13. The largest absolute Gasteiger partial charge is 0.337 e. The third-order valence-electron chi connectivity index (χ3n) is 4.71. The van der Waals surface area contributed by atoms with E-state index in [0.717, 1.165) is 36.6 Å². The Labute approximate surface area is 143 Å². The molecule has 3 rings (SSSR count). The van der Waals surface area contributed by atoms with Crippen LogP contribution in [0.4, 0.5) is 0 Å². The highest BCUT2D eigenvalue weighted by Gasteiger charge is 2.29. The Kier molecular flexibility index (Phi) is 4.24. The van der Waals surface area contributed by atoms with Crippen molar-refractivity contribution in [3.05, 3.63) is 35.2 Å². The molecule has 1 N–H and O–H groups in total. The minimum Gasteiger partial charge on any atom is -0.337 e. The molecular formula is C18H27N5O. The first-order chi connectivity index (χ1) is 11.3. The van der Waals surface area contributed by atoms with Crippen molar-refractivity contribution in [3.63, 3.8) is 0 Å². The molecule has 2 aromatic heterocycles. The quantitative estimate of drug-likeness (QED) is 0.921. The van der Waals surface area contributed by atoms with E-state index in [9.17, 15) is 4.79 Å². The summed E-state index contributed by atoms with van der Waals surface area (Å²) in [6.07, 6.45) is 4.11. The number of nitrogens with zero attached hydrogens (tertiary/aromatic N) is 4. The number of piperidine rings is 1. The van der Waals surface area contributed by atoms with Crippen molar-refractivity contribution < 1.29 is 4.79 Å². The molecule has 0 aliphatic carbocycles. The predicted molar refractivity (Wildman–Crippen MR) is 93.1 cm³/mol. The van der Waals surface area contributed by atoms with E-state index in [1.165, 1.54) is 0 Å². The van der Waals surface area contributed by atoms with Crippen LogP contribution in [0, 0.1) is 6.92 Å². The monoisotopic (exact) mass is 329 g/mol. The Morgan fingerprint density at radius 1 is 1.38 bits per heavy atom. The number of amides is 1. The van der Waals surface area contributed by atoms with E-state index < -0.39 is 0 Å². The van der Waals surface area contributed by atoms with Gasteiger partial charge in [0.05, 0.1) is 5.69 Å². The van der Waals surface area contributed by atoms with E-state index in [4.69, 9.17) is 0 Å². The molecule has 24 heavy (non-hydrogen) atoms. The molecule has 0 bridgehead atoms. The summed E-state index contributed by atoms with van der Waals surface area (Å²) in [7, 11) is 2.03. The Bertz CT molecular complexity index is 737. The van der Waals surface area contributed by atoms with E-state index in [2.05, 4.69) is 40.5 Å². The van der Waals surface area contributed by atoms with Gasteiger partial charge in [0, 0.05) is 43.4 Å². The molecular weight excluding hydrogens is 302 g/mol. The van der Waals surface area contributed by atoms with Crippen LogP contribution >= 0.6 is 0 Å². The maximum absolute atomic E-state index is 12.8. The Balaban J connectivity index is 1.76. The zero-order valence-electron chi connectivity index (χ0n) is 15.3. The molecule has 1 amide bonds. The van der Waals surface area contributed by atoms with Crippen molar-refractivity contribution >= 4 is 5.91 Å². The van der Waals surface area contributed by atoms with Crippen LogP contribution in [0.2, 0.25) is 0 Å². The zero-order chi connectivity index (χ0) is 17.5. The second-order valence-corrected chi connectivity index (χ2v) is 7.86. The van der Waals surface area contributed by atoms with Gasteiger partial charge in [0.1, 0.15) is 11.5 Å². The van der Waals surface area contributed by atoms with E-state index in [1.54, 1.807) is 0 Å². The van der Waals surface area contributed by atoms with Crippen molar-refractivity contribution in [2.75, 3.05) is 13.1 Å². The molecule has 0 spiro atoms.